The van der Waals surface area contributed by atoms with Gasteiger partial charge in [-0.3, -0.25) is 9.69 Å². The first-order valence-corrected chi connectivity index (χ1v) is 9.42. The number of nitrogens with two attached hydrogens (primary N) is 1. The monoisotopic (exact) mass is 365 g/mol. The molecule has 0 radical (unpaired) electrons. The molecule has 3 rings (SSSR count). The molecule has 3 N–H and O–H groups in total. The average Bonchev–Trinajstić information content (AvgIpc) is 3.00. The van der Waals surface area contributed by atoms with Gasteiger partial charge in [-0.05, 0) is 49.6 Å². The van der Waals surface area contributed by atoms with Gasteiger partial charge in [0.05, 0.1) is 6.54 Å². The van der Waals surface area contributed by atoms with Crippen LogP contribution in [-0.2, 0) is 4.79 Å². The normalized spacial score (nSPS) is 29.8. The zero-order valence-electron chi connectivity index (χ0n) is 15.2. The summed E-state index contributed by atoms with van der Waals surface area (Å²) >= 11 is 0. The van der Waals surface area contributed by atoms with Gasteiger partial charge in [0.1, 0.15) is 0 Å². The van der Waals surface area contributed by atoms with E-state index in [0.29, 0.717) is 31.0 Å². The Labute approximate surface area is 157 Å². The highest BCUT2D eigenvalue weighted by molar-refractivity contribution is 5.85. The molecular weight excluding hydrogens is 334 g/mol. The summed E-state index contributed by atoms with van der Waals surface area (Å²) in [6.07, 6.45) is 4.73. The molecule has 140 valence electrons. The number of carbonyl (C=O) groups excluding carboxylic acids is 1. The fourth-order valence-corrected chi connectivity index (χ4v) is 4.29. The van der Waals surface area contributed by atoms with Crippen LogP contribution in [0.3, 0.4) is 0 Å². The lowest BCUT2D eigenvalue weighted by Crippen LogP contribution is -2.43. The third kappa shape index (κ3) is 5.44. The van der Waals surface area contributed by atoms with Gasteiger partial charge in [-0.25, -0.2) is 0 Å². The maximum absolute atomic E-state index is 12.4. The molecule has 1 aliphatic carbocycles. The van der Waals surface area contributed by atoms with E-state index in [1.807, 2.05) is 6.07 Å². The molecule has 1 aromatic rings. The van der Waals surface area contributed by atoms with Crippen molar-refractivity contribution >= 4 is 18.3 Å². The van der Waals surface area contributed by atoms with Gasteiger partial charge in [-0.15, -0.1) is 12.4 Å². The minimum atomic E-state index is 0. The van der Waals surface area contributed by atoms with E-state index >= 15 is 0 Å². The Bertz CT molecular complexity index is 531. The zero-order valence-corrected chi connectivity index (χ0v) is 16.0. The first-order valence-electron chi connectivity index (χ1n) is 9.42. The number of likely N-dealkylation sites (tertiary alicyclic amines) is 1. The lowest BCUT2D eigenvalue weighted by Gasteiger charge is -2.27. The minimum Gasteiger partial charge on any atom is -0.352 e. The van der Waals surface area contributed by atoms with E-state index in [-0.39, 0.29) is 18.3 Å². The molecule has 0 spiro atoms. The number of hydrogen-bond donors (Lipinski definition) is 2. The molecular formula is C20H32ClN3O. The molecule has 0 bridgehead atoms. The smallest absolute Gasteiger partial charge is 0.234 e. The van der Waals surface area contributed by atoms with Gasteiger partial charge in [-0.2, -0.15) is 0 Å². The van der Waals surface area contributed by atoms with Crippen molar-refractivity contribution in [1.82, 2.24) is 10.2 Å². The molecule has 1 saturated heterocycles. The van der Waals surface area contributed by atoms with Crippen molar-refractivity contribution in [3.63, 3.8) is 0 Å². The van der Waals surface area contributed by atoms with Crippen LogP contribution < -0.4 is 11.1 Å². The lowest BCUT2D eigenvalue weighted by molar-refractivity contribution is -0.123. The Morgan fingerprint density at radius 2 is 1.84 bits per heavy atom. The largest absolute Gasteiger partial charge is 0.352 e. The van der Waals surface area contributed by atoms with Crippen molar-refractivity contribution < 1.29 is 4.79 Å². The number of rotatable bonds is 5. The first-order chi connectivity index (χ1) is 11.7. The Morgan fingerprint density at radius 1 is 1.16 bits per heavy atom. The molecule has 2 aliphatic rings. The number of benzene rings is 1. The highest BCUT2D eigenvalue weighted by atomic mass is 35.5. The van der Waals surface area contributed by atoms with Crippen LogP contribution in [0.1, 0.15) is 44.1 Å². The van der Waals surface area contributed by atoms with Crippen molar-refractivity contribution in [3.8, 4) is 0 Å². The summed E-state index contributed by atoms with van der Waals surface area (Å²) in [5.41, 5.74) is 7.33. The van der Waals surface area contributed by atoms with Gasteiger partial charge in [0.15, 0.2) is 0 Å². The zero-order chi connectivity index (χ0) is 16.9. The summed E-state index contributed by atoms with van der Waals surface area (Å²) in [5.74, 6) is 1.88. The average molecular weight is 366 g/mol. The van der Waals surface area contributed by atoms with Gasteiger partial charge < -0.3 is 11.1 Å². The number of halogens is 1. The van der Waals surface area contributed by atoms with Crippen LogP contribution in [0.15, 0.2) is 30.3 Å². The quantitative estimate of drug-likeness (QED) is 0.843. The van der Waals surface area contributed by atoms with Crippen LogP contribution in [0.4, 0.5) is 0 Å². The van der Waals surface area contributed by atoms with E-state index in [1.54, 1.807) is 0 Å². The van der Waals surface area contributed by atoms with Crippen LogP contribution in [0, 0.1) is 11.8 Å². The Kier molecular flexibility index (Phi) is 7.73. The maximum Gasteiger partial charge on any atom is 0.234 e. The van der Waals surface area contributed by atoms with E-state index in [0.717, 1.165) is 31.8 Å². The van der Waals surface area contributed by atoms with Crippen molar-refractivity contribution in [1.29, 1.82) is 0 Å². The standard InChI is InChI=1S/C20H31N3O.ClH/c1-15-7-9-18(10-8-15)22-20(24)14-23-12-17(11-21)19(13-23)16-5-3-2-4-6-16;/h2-6,15,17-19H,7-14,21H2,1H3,(H,22,24);1H/t15?,17-,18?,19+;/m1./s1. The summed E-state index contributed by atoms with van der Waals surface area (Å²) < 4.78 is 0. The summed E-state index contributed by atoms with van der Waals surface area (Å²) in [6, 6.07) is 11.0. The molecule has 1 saturated carbocycles. The van der Waals surface area contributed by atoms with Crippen molar-refractivity contribution in [2.45, 2.75) is 44.6 Å². The fourth-order valence-electron chi connectivity index (χ4n) is 4.29. The van der Waals surface area contributed by atoms with Crippen molar-refractivity contribution in [2.24, 2.45) is 17.6 Å². The topological polar surface area (TPSA) is 58.4 Å². The van der Waals surface area contributed by atoms with Crippen molar-refractivity contribution in [3.05, 3.63) is 35.9 Å². The number of hydrogen-bond acceptors (Lipinski definition) is 3. The predicted molar refractivity (Wildman–Crippen MR) is 105 cm³/mol. The Balaban J connectivity index is 0.00000225. The van der Waals surface area contributed by atoms with E-state index < -0.39 is 0 Å². The van der Waals surface area contributed by atoms with Gasteiger partial charge >= 0.3 is 0 Å². The number of nitrogens with zero attached hydrogens (tertiary/aromatic N) is 1. The van der Waals surface area contributed by atoms with Crippen LogP contribution in [0.5, 0.6) is 0 Å². The van der Waals surface area contributed by atoms with E-state index in [1.165, 1.54) is 18.4 Å². The molecule has 1 aromatic carbocycles. The molecule has 0 unspecified atom stereocenters. The molecule has 25 heavy (non-hydrogen) atoms. The molecule has 0 aromatic heterocycles. The van der Waals surface area contributed by atoms with Crippen LogP contribution >= 0.6 is 12.4 Å². The molecule has 5 heteroatoms. The molecule has 2 atom stereocenters. The van der Waals surface area contributed by atoms with Gasteiger partial charge in [-0.1, -0.05) is 37.3 Å². The number of carbonyl (C=O) groups is 1. The number of amides is 1. The van der Waals surface area contributed by atoms with E-state index in [9.17, 15) is 4.79 Å². The fraction of sp³-hybridized carbons (Fsp3) is 0.650. The van der Waals surface area contributed by atoms with Gasteiger partial charge in [0, 0.05) is 25.0 Å². The molecule has 1 aliphatic heterocycles. The maximum atomic E-state index is 12.4. The molecule has 4 nitrogen and oxygen atoms in total. The Morgan fingerprint density at radius 3 is 2.48 bits per heavy atom. The minimum absolute atomic E-state index is 0. The molecule has 1 amide bonds. The summed E-state index contributed by atoms with van der Waals surface area (Å²) in [7, 11) is 0. The van der Waals surface area contributed by atoms with Gasteiger partial charge in [0.25, 0.3) is 0 Å². The first kappa shape index (κ1) is 20.2. The third-order valence-electron chi connectivity index (χ3n) is 5.80. The third-order valence-corrected chi connectivity index (χ3v) is 5.80. The Hall–Kier alpha value is -1.10. The van der Waals surface area contributed by atoms with Crippen molar-refractivity contribution in [2.75, 3.05) is 26.2 Å². The highest BCUT2D eigenvalue weighted by Gasteiger charge is 2.33. The summed E-state index contributed by atoms with van der Waals surface area (Å²) in [4.78, 5) is 14.7. The molecule has 1 heterocycles. The second-order valence-electron chi connectivity index (χ2n) is 7.73. The van der Waals surface area contributed by atoms with E-state index in [2.05, 4.69) is 41.4 Å². The SMILES string of the molecule is CC1CCC(NC(=O)CN2C[C@@H](CN)[C@H](c3ccccc3)C2)CC1.Cl. The van der Waals surface area contributed by atoms with E-state index in [4.69, 9.17) is 5.73 Å². The number of nitrogens with one attached hydrogen (secondary N) is 1. The predicted octanol–water partition coefficient (Wildman–Crippen LogP) is 2.78. The van der Waals surface area contributed by atoms with Crippen LogP contribution in [-0.4, -0.2) is 43.0 Å². The van der Waals surface area contributed by atoms with Crippen LogP contribution in [0.25, 0.3) is 0 Å². The summed E-state index contributed by atoms with van der Waals surface area (Å²) in [5, 5.41) is 3.24. The van der Waals surface area contributed by atoms with Crippen LogP contribution in [0.2, 0.25) is 0 Å². The molecule has 2 fully saturated rings. The second-order valence-corrected chi connectivity index (χ2v) is 7.73. The lowest BCUT2D eigenvalue weighted by atomic mass is 9.87. The van der Waals surface area contributed by atoms with Gasteiger partial charge in [0.2, 0.25) is 5.91 Å². The summed E-state index contributed by atoms with van der Waals surface area (Å²) in [6.45, 7) is 5.34. The highest BCUT2D eigenvalue weighted by Crippen LogP contribution is 2.31. The second kappa shape index (κ2) is 9.56.